The molecule has 180 valence electrons. The van der Waals surface area contributed by atoms with Crippen molar-refractivity contribution in [2.45, 2.75) is 0 Å². The summed E-state index contributed by atoms with van der Waals surface area (Å²) in [5, 5.41) is 2.30. The summed E-state index contributed by atoms with van der Waals surface area (Å²) in [7, 11) is 0. The second kappa shape index (κ2) is 9.10. The quantitative estimate of drug-likeness (QED) is 0.251. The van der Waals surface area contributed by atoms with Crippen LogP contribution in [0.1, 0.15) is 0 Å². The van der Waals surface area contributed by atoms with E-state index in [1.165, 1.54) is 27.8 Å². The number of rotatable bonds is 4. The second-order valence-electron chi connectivity index (χ2n) is 9.60. The summed E-state index contributed by atoms with van der Waals surface area (Å²) < 4.78 is 6.27. The average Bonchev–Trinajstić information content (AvgIpc) is 3.37. The molecule has 0 radical (unpaired) electrons. The molecule has 2 heteroatoms. The topological polar surface area (TPSA) is 39.2 Å². The van der Waals surface area contributed by atoms with E-state index in [4.69, 9.17) is 10.2 Å². The Bertz CT molecular complexity index is 1890. The number of hydrogen-bond donors (Lipinski definition) is 1. The molecule has 0 saturated heterocycles. The smallest absolute Gasteiger partial charge is 0.143 e. The van der Waals surface area contributed by atoms with E-state index < -0.39 is 0 Å². The van der Waals surface area contributed by atoms with Crippen molar-refractivity contribution in [3.63, 3.8) is 0 Å². The van der Waals surface area contributed by atoms with E-state index in [-0.39, 0.29) is 0 Å². The van der Waals surface area contributed by atoms with Crippen molar-refractivity contribution in [3.8, 4) is 44.5 Å². The fraction of sp³-hybridized carbons (Fsp3) is 0. The molecular weight excluding hydrogens is 462 g/mol. The van der Waals surface area contributed by atoms with Crippen LogP contribution in [-0.4, -0.2) is 0 Å². The lowest BCUT2D eigenvalue weighted by Gasteiger charge is -2.12. The van der Waals surface area contributed by atoms with Gasteiger partial charge in [0.25, 0.3) is 0 Å². The molecule has 0 spiro atoms. The van der Waals surface area contributed by atoms with Crippen molar-refractivity contribution in [1.82, 2.24) is 0 Å². The molecule has 0 aliphatic heterocycles. The first-order valence-corrected chi connectivity index (χ1v) is 12.8. The van der Waals surface area contributed by atoms with Crippen molar-refractivity contribution >= 4 is 27.6 Å². The highest BCUT2D eigenvalue weighted by Crippen LogP contribution is 2.38. The zero-order valence-corrected chi connectivity index (χ0v) is 20.8. The van der Waals surface area contributed by atoms with Crippen LogP contribution in [0.3, 0.4) is 0 Å². The fourth-order valence-corrected chi connectivity index (χ4v) is 5.31. The zero-order valence-electron chi connectivity index (χ0n) is 20.8. The summed E-state index contributed by atoms with van der Waals surface area (Å²) in [5.41, 5.74) is 17.9. The maximum absolute atomic E-state index is 6.27. The first-order valence-electron chi connectivity index (χ1n) is 12.8. The molecule has 1 heterocycles. The van der Waals surface area contributed by atoms with Gasteiger partial charge in [-0.15, -0.1) is 0 Å². The molecule has 6 aromatic carbocycles. The number of para-hydroxylation sites is 2. The lowest BCUT2D eigenvalue weighted by atomic mass is 9.92. The molecular formula is C36H25NO. The van der Waals surface area contributed by atoms with Crippen LogP contribution in [-0.2, 0) is 0 Å². The standard InChI is InChI=1S/C36H25NO/c37-29-22-20-25(21-23-29)24-12-14-26(15-13-24)30-6-1-2-7-31(30)27-16-18-28(19-17-27)32-9-5-10-34-33-8-3-4-11-35(33)38-36(32)34/h1-23H,37H2. The predicted molar refractivity (Wildman–Crippen MR) is 160 cm³/mol. The van der Waals surface area contributed by atoms with Crippen molar-refractivity contribution in [1.29, 1.82) is 0 Å². The summed E-state index contributed by atoms with van der Waals surface area (Å²) in [6, 6.07) is 48.7. The van der Waals surface area contributed by atoms with Crippen molar-refractivity contribution in [2.75, 3.05) is 5.73 Å². The molecule has 0 bridgehead atoms. The molecule has 0 aliphatic carbocycles. The van der Waals surface area contributed by atoms with Crippen LogP contribution in [0.15, 0.2) is 144 Å². The van der Waals surface area contributed by atoms with Crippen molar-refractivity contribution < 1.29 is 4.42 Å². The third-order valence-electron chi connectivity index (χ3n) is 7.28. The largest absolute Gasteiger partial charge is 0.455 e. The third kappa shape index (κ3) is 3.84. The lowest BCUT2D eigenvalue weighted by Crippen LogP contribution is -1.87. The zero-order chi connectivity index (χ0) is 25.5. The molecule has 0 fully saturated rings. The van der Waals surface area contributed by atoms with Gasteiger partial charge in [0.2, 0.25) is 0 Å². The van der Waals surface area contributed by atoms with Gasteiger partial charge in [-0.3, -0.25) is 0 Å². The highest BCUT2D eigenvalue weighted by Gasteiger charge is 2.13. The van der Waals surface area contributed by atoms with E-state index in [9.17, 15) is 0 Å². The van der Waals surface area contributed by atoms with Gasteiger partial charge < -0.3 is 10.2 Å². The van der Waals surface area contributed by atoms with E-state index >= 15 is 0 Å². The van der Waals surface area contributed by atoms with E-state index in [1.54, 1.807) is 0 Å². The van der Waals surface area contributed by atoms with Crippen molar-refractivity contribution in [2.24, 2.45) is 0 Å². The Hall–Kier alpha value is -5.08. The Labute approximate surface area is 221 Å². The van der Waals surface area contributed by atoms with Gasteiger partial charge in [-0.2, -0.15) is 0 Å². The Kier molecular flexibility index (Phi) is 5.30. The van der Waals surface area contributed by atoms with Crippen LogP contribution in [0.25, 0.3) is 66.4 Å². The third-order valence-corrected chi connectivity index (χ3v) is 7.28. The molecule has 0 atom stereocenters. The summed E-state index contributed by atoms with van der Waals surface area (Å²) >= 11 is 0. The predicted octanol–water partition coefficient (Wildman–Crippen LogP) is 9.84. The molecule has 1 aromatic heterocycles. The number of anilines is 1. The number of nitrogen functional groups attached to an aromatic ring is 1. The van der Waals surface area contributed by atoms with Crippen LogP contribution in [0.4, 0.5) is 5.69 Å². The van der Waals surface area contributed by atoms with Crippen LogP contribution in [0.2, 0.25) is 0 Å². The Morgan fingerprint density at radius 2 is 0.816 bits per heavy atom. The van der Waals surface area contributed by atoms with Crippen molar-refractivity contribution in [3.05, 3.63) is 140 Å². The van der Waals surface area contributed by atoms with Gasteiger partial charge in [-0.1, -0.05) is 121 Å². The summed E-state index contributed by atoms with van der Waals surface area (Å²) in [6.45, 7) is 0. The summed E-state index contributed by atoms with van der Waals surface area (Å²) in [4.78, 5) is 0. The maximum Gasteiger partial charge on any atom is 0.143 e. The van der Waals surface area contributed by atoms with Gasteiger partial charge in [0.05, 0.1) is 0 Å². The van der Waals surface area contributed by atoms with Gasteiger partial charge in [0.1, 0.15) is 11.2 Å². The fourth-order valence-electron chi connectivity index (χ4n) is 5.31. The van der Waals surface area contributed by atoms with Gasteiger partial charge >= 0.3 is 0 Å². The summed E-state index contributed by atoms with van der Waals surface area (Å²) in [6.07, 6.45) is 0. The van der Waals surface area contributed by atoms with E-state index in [2.05, 4.69) is 115 Å². The molecule has 2 nitrogen and oxygen atoms in total. The van der Waals surface area contributed by atoms with E-state index in [0.717, 1.165) is 44.3 Å². The van der Waals surface area contributed by atoms with Crippen LogP contribution < -0.4 is 5.73 Å². The Morgan fingerprint density at radius 3 is 1.45 bits per heavy atom. The maximum atomic E-state index is 6.27. The molecule has 0 aliphatic rings. The van der Waals surface area contributed by atoms with E-state index in [1.807, 2.05) is 24.3 Å². The number of fused-ring (bicyclic) bond motifs is 3. The number of nitrogens with two attached hydrogens (primary N) is 1. The SMILES string of the molecule is Nc1ccc(-c2ccc(-c3ccccc3-c3ccc(-c4cccc5c4oc4ccccc45)cc3)cc2)cc1. The highest BCUT2D eigenvalue weighted by molar-refractivity contribution is 6.09. The Morgan fingerprint density at radius 1 is 0.368 bits per heavy atom. The van der Waals surface area contributed by atoms with Gasteiger partial charge in [0, 0.05) is 22.0 Å². The minimum absolute atomic E-state index is 0.777. The molecule has 0 unspecified atom stereocenters. The highest BCUT2D eigenvalue weighted by atomic mass is 16.3. The van der Waals surface area contributed by atoms with Gasteiger partial charge in [-0.05, 0) is 57.1 Å². The monoisotopic (exact) mass is 487 g/mol. The van der Waals surface area contributed by atoms with Gasteiger partial charge in [0.15, 0.2) is 0 Å². The first-order chi connectivity index (χ1) is 18.7. The molecule has 38 heavy (non-hydrogen) atoms. The molecule has 2 N–H and O–H groups in total. The molecule has 0 saturated carbocycles. The van der Waals surface area contributed by atoms with Gasteiger partial charge in [-0.25, -0.2) is 0 Å². The number of benzene rings is 6. The van der Waals surface area contributed by atoms with Crippen LogP contribution >= 0.6 is 0 Å². The number of hydrogen-bond acceptors (Lipinski definition) is 2. The lowest BCUT2D eigenvalue weighted by molar-refractivity contribution is 0.670. The van der Waals surface area contributed by atoms with Crippen LogP contribution in [0, 0.1) is 0 Å². The Balaban J connectivity index is 1.24. The second-order valence-corrected chi connectivity index (χ2v) is 9.60. The molecule has 0 amide bonds. The summed E-state index contributed by atoms with van der Waals surface area (Å²) in [5.74, 6) is 0. The average molecular weight is 488 g/mol. The minimum Gasteiger partial charge on any atom is -0.455 e. The molecule has 7 aromatic rings. The first kappa shape index (κ1) is 22.1. The minimum atomic E-state index is 0.777. The normalized spacial score (nSPS) is 11.3. The van der Waals surface area contributed by atoms with E-state index in [0.29, 0.717) is 0 Å². The van der Waals surface area contributed by atoms with Crippen LogP contribution in [0.5, 0.6) is 0 Å². The number of furan rings is 1. The molecule has 7 rings (SSSR count).